The maximum atomic E-state index is 10.7. The lowest BCUT2D eigenvalue weighted by atomic mass is 9.86. The number of fused-ring (bicyclic) bond motifs is 4. The smallest absolute Gasteiger partial charge is 0.220 e. The maximum Gasteiger partial charge on any atom is 0.220 e. The summed E-state index contributed by atoms with van der Waals surface area (Å²) in [7, 11) is 0. The number of ether oxygens (including phenoxy) is 1. The van der Waals surface area contributed by atoms with Crippen LogP contribution in [0.15, 0.2) is 115 Å². The average molecular weight is 536 g/mol. The van der Waals surface area contributed by atoms with Gasteiger partial charge in [-0.15, -0.1) is 0 Å². The molecule has 0 aliphatic heterocycles. The van der Waals surface area contributed by atoms with Crippen LogP contribution in [0.25, 0.3) is 49.7 Å². The first-order valence-electron chi connectivity index (χ1n) is 13.7. The second-order valence-corrected chi connectivity index (χ2v) is 11.3. The molecule has 0 amide bonds. The normalized spacial score (nSPS) is 11.9. The van der Waals surface area contributed by atoms with Gasteiger partial charge in [-0.25, -0.2) is 9.97 Å². The van der Waals surface area contributed by atoms with E-state index in [1.807, 2.05) is 85.1 Å². The zero-order valence-electron chi connectivity index (χ0n) is 23.2. The molecular weight excluding hydrogens is 506 g/mol. The highest BCUT2D eigenvalue weighted by Crippen LogP contribution is 2.39. The fraction of sp³-hybridized carbons (Fsp3) is 0.111. The molecule has 0 fully saturated rings. The molecule has 7 aromatic rings. The van der Waals surface area contributed by atoms with Crippen molar-refractivity contribution in [3.8, 4) is 34.3 Å². The molecule has 0 spiro atoms. The molecule has 5 nitrogen and oxygen atoms in total. The highest BCUT2D eigenvalue weighted by Gasteiger charge is 2.19. The molecule has 0 aliphatic carbocycles. The second-order valence-electron chi connectivity index (χ2n) is 11.3. The molecule has 0 atom stereocenters. The number of phenols is 1. The van der Waals surface area contributed by atoms with E-state index in [4.69, 9.17) is 14.7 Å². The largest absolute Gasteiger partial charge is 0.506 e. The lowest BCUT2D eigenvalue weighted by Gasteiger charge is -2.19. The molecule has 41 heavy (non-hydrogen) atoms. The first-order chi connectivity index (χ1) is 19.9. The summed E-state index contributed by atoms with van der Waals surface area (Å²) in [4.78, 5) is 9.40. The average Bonchev–Trinajstić information content (AvgIpc) is 3.30. The van der Waals surface area contributed by atoms with Crippen LogP contribution in [0.3, 0.4) is 0 Å². The van der Waals surface area contributed by atoms with Crippen LogP contribution in [0, 0.1) is 0 Å². The summed E-state index contributed by atoms with van der Waals surface area (Å²) >= 11 is 0. The minimum atomic E-state index is 0.0115. The van der Waals surface area contributed by atoms with Crippen molar-refractivity contribution in [1.82, 2.24) is 14.5 Å². The van der Waals surface area contributed by atoms with Gasteiger partial charge in [0.25, 0.3) is 0 Å². The van der Waals surface area contributed by atoms with E-state index in [0.717, 1.165) is 44.1 Å². The van der Waals surface area contributed by atoms with Crippen LogP contribution in [0.2, 0.25) is 0 Å². The Hall–Kier alpha value is -5.16. The molecule has 1 N–H and O–H groups in total. The van der Waals surface area contributed by atoms with Gasteiger partial charge in [-0.1, -0.05) is 81.4 Å². The molecule has 0 aliphatic rings. The Morgan fingerprint density at radius 1 is 0.707 bits per heavy atom. The SMILES string of the molecule is CC(C)(C)c1ccc2c3ccc(Oc4cc(-c5ccccc5)c5cccc(O)c5n4)cc3n(-c3ccccn3)c2c1. The van der Waals surface area contributed by atoms with E-state index in [1.54, 1.807) is 6.07 Å². The van der Waals surface area contributed by atoms with Gasteiger partial charge in [0.15, 0.2) is 0 Å². The second kappa shape index (κ2) is 9.49. The number of rotatable bonds is 4. The van der Waals surface area contributed by atoms with Crippen molar-refractivity contribution in [3.63, 3.8) is 0 Å². The van der Waals surface area contributed by atoms with E-state index >= 15 is 0 Å². The summed E-state index contributed by atoms with van der Waals surface area (Å²) in [5.74, 6) is 2.02. The van der Waals surface area contributed by atoms with Gasteiger partial charge in [0.2, 0.25) is 5.88 Å². The molecular formula is C36H29N3O2. The van der Waals surface area contributed by atoms with Crippen LogP contribution in [0.1, 0.15) is 26.3 Å². The van der Waals surface area contributed by atoms with Crippen LogP contribution >= 0.6 is 0 Å². The Morgan fingerprint density at radius 2 is 1.46 bits per heavy atom. The molecule has 0 radical (unpaired) electrons. The summed E-state index contributed by atoms with van der Waals surface area (Å²) in [5.41, 5.74) is 5.84. The number of para-hydroxylation sites is 1. The van der Waals surface area contributed by atoms with Gasteiger partial charge in [0.05, 0.1) is 11.0 Å². The highest BCUT2D eigenvalue weighted by molar-refractivity contribution is 6.09. The summed E-state index contributed by atoms with van der Waals surface area (Å²) in [5, 5.41) is 13.8. The van der Waals surface area contributed by atoms with E-state index in [1.165, 1.54) is 5.56 Å². The number of hydrogen-bond donors (Lipinski definition) is 1. The third-order valence-corrected chi connectivity index (χ3v) is 7.59. The van der Waals surface area contributed by atoms with Gasteiger partial charge in [0.1, 0.15) is 22.8 Å². The monoisotopic (exact) mass is 535 g/mol. The summed E-state index contributed by atoms with van der Waals surface area (Å²) in [6.45, 7) is 6.68. The van der Waals surface area contributed by atoms with E-state index in [2.05, 4.69) is 49.6 Å². The molecule has 3 heterocycles. The first kappa shape index (κ1) is 24.9. The van der Waals surface area contributed by atoms with Crippen molar-refractivity contribution in [2.75, 3.05) is 0 Å². The van der Waals surface area contributed by atoms with E-state index < -0.39 is 0 Å². The fourth-order valence-electron chi connectivity index (χ4n) is 5.50. The molecule has 0 saturated carbocycles. The van der Waals surface area contributed by atoms with Gasteiger partial charge in [-0.05, 0) is 58.5 Å². The van der Waals surface area contributed by atoms with E-state index in [-0.39, 0.29) is 11.2 Å². The van der Waals surface area contributed by atoms with Crippen molar-refractivity contribution < 1.29 is 9.84 Å². The first-order valence-corrected chi connectivity index (χ1v) is 13.7. The van der Waals surface area contributed by atoms with Gasteiger partial charge < -0.3 is 9.84 Å². The number of phenolic OH excluding ortho intramolecular Hbond substituents is 1. The molecule has 4 aromatic carbocycles. The molecule has 200 valence electrons. The van der Waals surface area contributed by atoms with Gasteiger partial charge in [-0.2, -0.15) is 0 Å². The summed E-state index contributed by atoms with van der Waals surface area (Å²) in [6, 6.07) is 36.2. The topological polar surface area (TPSA) is 60.2 Å². The van der Waals surface area contributed by atoms with E-state index in [9.17, 15) is 5.11 Å². The Balaban J connectivity index is 1.41. The zero-order valence-corrected chi connectivity index (χ0v) is 23.2. The van der Waals surface area contributed by atoms with Gasteiger partial charge in [-0.3, -0.25) is 4.57 Å². The van der Waals surface area contributed by atoms with Crippen molar-refractivity contribution in [2.45, 2.75) is 26.2 Å². The van der Waals surface area contributed by atoms with Crippen molar-refractivity contribution in [2.24, 2.45) is 0 Å². The molecule has 5 heteroatoms. The lowest BCUT2D eigenvalue weighted by Crippen LogP contribution is -2.10. The summed E-state index contributed by atoms with van der Waals surface area (Å²) in [6.07, 6.45) is 1.82. The van der Waals surface area contributed by atoms with Gasteiger partial charge >= 0.3 is 0 Å². The number of benzene rings is 4. The van der Waals surface area contributed by atoms with Crippen LogP contribution in [-0.2, 0) is 5.41 Å². The third-order valence-electron chi connectivity index (χ3n) is 7.59. The molecule has 0 bridgehead atoms. The number of hydrogen-bond acceptors (Lipinski definition) is 4. The Bertz CT molecular complexity index is 2060. The molecule has 0 saturated heterocycles. The maximum absolute atomic E-state index is 10.7. The fourth-order valence-corrected chi connectivity index (χ4v) is 5.50. The Labute approximate surface area is 238 Å². The molecule has 3 aromatic heterocycles. The minimum absolute atomic E-state index is 0.0115. The predicted octanol–water partition coefficient (Wildman–Crippen LogP) is 9.19. The third kappa shape index (κ3) is 4.36. The molecule has 0 unspecified atom stereocenters. The quantitative estimate of drug-likeness (QED) is 0.244. The standard InChI is InChI=1S/C36H29N3O2/c1-36(2,3)24-15-17-26-27-18-16-25(21-31(27)39(30(26)20-24)33-14-7-8-19-37-33)41-34-22-29(23-10-5-4-6-11-23)28-12-9-13-32(40)35(28)38-34/h4-22,40H,1-3H3. The van der Waals surface area contributed by atoms with Crippen LogP contribution in [-0.4, -0.2) is 19.6 Å². The molecule has 7 rings (SSSR count). The number of aromatic nitrogens is 3. The summed E-state index contributed by atoms with van der Waals surface area (Å²) < 4.78 is 8.62. The van der Waals surface area contributed by atoms with Crippen molar-refractivity contribution in [1.29, 1.82) is 0 Å². The Morgan fingerprint density at radius 3 is 2.22 bits per heavy atom. The van der Waals surface area contributed by atoms with Gasteiger partial charge in [0, 0.05) is 34.5 Å². The van der Waals surface area contributed by atoms with Crippen LogP contribution < -0.4 is 4.74 Å². The minimum Gasteiger partial charge on any atom is -0.506 e. The number of pyridine rings is 2. The highest BCUT2D eigenvalue weighted by atomic mass is 16.5. The van der Waals surface area contributed by atoms with Crippen LogP contribution in [0.4, 0.5) is 0 Å². The Kier molecular flexibility index (Phi) is 5.75. The predicted molar refractivity (Wildman–Crippen MR) is 166 cm³/mol. The van der Waals surface area contributed by atoms with Crippen molar-refractivity contribution in [3.05, 3.63) is 121 Å². The number of nitrogens with zero attached hydrogens (tertiary/aromatic N) is 3. The van der Waals surface area contributed by atoms with Crippen molar-refractivity contribution >= 4 is 32.7 Å². The van der Waals surface area contributed by atoms with Crippen LogP contribution in [0.5, 0.6) is 17.4 Å². The number of aromatic hydroxyl groups is 1. The lowest BCUT2D eigenvalue weighted by molar-refractivity contribution is 0.460. The van der Waals surface area contributed by atoms with E-state index in [0.29, 0.717) is 17.1 Å². The zero-order chi connectivity index (χ0) is 28.1.